The molecular weight excluding hydrogens is 350 g/mol. The van der Waals surface area contributed by atoms with Crippen molar-refractivity contribution in [1.82, 2.24) is 0 Å². The van der Waals surface area contributed by atoms with Crippen molar-refractivity contribution in [2.24, 2.45) is 5.92 Å². The zero-order chi connectivity index (χ0) is 20.1. The maximum absolute atomic E-state index is 14.6. The average Bonchev–Trinajstić information content (AvgIpc) is 2.72. The highest BCUT2D eigenvalue weighted by atomic mass is 19.2. The molecule has 2 heteroatoms. The first-order valence-electron chi connectivity index (χ1n) is 10.3. The summed E-state index contributed by atoms with van der Waals surface area (Å²) in [5.41, 5.74) is 3.18. The Morgan fingerprint density at radius 1 is 1.00 bits per heavy atom. The van der Waals surface area contributed by atoms with Crippen molar-refractivity contribution >= 4 is 0 Å². The maximum atomic E-state index is 14.6. The van der Waals surface area contributed by atoms with Crippen LogP contribution in [-0.4, -0.2) is 0 Å². The smallest absolute Gasteiger partial charge is 0.162 e. The van der Waals surface area contributed by atoms with Gasteiger partial charge in [-0.2, -0.15) is 0 Å². The molecule has 0 nitrogen and oxygen atoms in total. The van der Waals surface area contributed by atoms with Crippen LogP contribution in [0.4, 0.5) is 8.78 Å². The zero-order valence-corrected chi connectivity index (χ0v) is 16.9. The molecule has 1 fully saturated rings. The first-order chi connectivity index (χ1) is 13.5. The summed E-state index contributed by atoms with van der Waals surface area (Å²) in [7, 11) is 0. The molecule has 1 saturated carbocycles. The molecule has 0 aromatic heterocycles. The molecule has 0 spiro atoms. The average molecular weight is 381 g/mol. The Morgan fingerprint density at radius 3 is 2.29 bits per heavy atom. The summed E-state index contributed by atoms with van der Waals surface area (Å²) < 4.78 is 29.1. The minimum Gasteiger partial charge on any atom is -0.203 e. The molecule has 0 saturated heterocycles. The van der Waals surface area contributed by atoms with E-state index in [-0.39, 0.29) is 5.92 Å². The van der Waals surface area contributed by atoms with Crippen molar-refractivity contribution in [3.8, 4) is 0 Å². The van der Waals surface area contributed by atoms with Gasteiger partial charge in [0.2, 0.25) is 0 Å². The molecule has 2 aromatic carbocycles. The highest BCUT2D eigenvalue weighted by Gasteiger charge is 2.21. The first kappa shape index (κ1) is 20.5. The Balaban J connectivity index is 1.70. The number of hydrogen-bond donors (Lipinski definition) is 0. The van der Waals surface area contributed by atoms with Crippen molar-refractivity contribution in [2.45, 2.75) is 57.8 Å². The summed E-state index contributed by atoms with van der Waals surface area (Å²) in [6.45, 7) is 7.67. The lowest BCUT2D eigenvalue weighted by Gasteiger charge is -2.27. The molecule has 1 atom stereocenters. The lowest BCUT2D eigenvalue weighted by molar-refractivity contribution is 0.376. The second-order valence-corrected chi connectivity index (χ2v) is 8.02. The first-order valence-corrected chi connectivity index (χ1v) is 10.3. The second-order valence-electron chi connectivity index (χ2n) is 8.02. The molecule has 0 N–H and O–H groups in total. The van der Waals surface area contributed by atoms with Gasteiger partial charge in [0.1, 0.15) is 0 Å². The van der Waals surface area contributed by atoms with Crippen molar-refractivity contribution < 1.29 is 8.78 Å². The van der Waals surface area contributed by atoms with E-state index in [1.54, 1.807) is 12.1 Å². The molecule has 148 valence electrons. The Morgan fingerprint density at radius 2 is 1.68 bits per heavy atom. The Bertz CT molecular complexity index is 824. The van der Waals surface area contributed by atoms with Crippen LogP contribution in [0.15, 0.2) is 61.2 Å². The van der Waals surface area contributed by atoms with Gasteiger partial charge >= 0.3 is 0 Å². The van der Waals surface area contributed by atoms with Crippen LogP contribution in [0.1, 0.15) is 73.6 Å². The molecular formula is C26H30F2. The summed E-state index contributed by atoms with van der Waals surface area (Å²) in [6, 6.07) is 11.9. The summed E-state index contributed by atoms with van der Waals surface area (Å²) in [5.74, 6) is -0.317. The highest BCUT2D eigenvalue weighted by Crippen LogP contribution is 2.36. The molecule has 0 radical (unpaired) electrons. The van der Waals surface area contributed by atoms with E-state index >= 15 is 0 Å². The van der Waals surface area contributed by atoms with E-state index in [0.29, 0.717) is 29.4 Å². The molecule has 28 heavy (non-hydrogen) atoms. The lowest BCUT2D eigenvalue weighted by atomic mass is 9.78. The van der Waals surface area contributed by atoms with Crippen LogP contribution in [0.2, 0.25) is 0 Å². The third-order valence-corrected chi connectivity index (χ3v) is 6.11. The Hall–Kier alpha value is -2.22. The standard InChI is InChI=1S/C26H30F2/c1-4-6-18(3)24-16-15-23(25(27)26(24)28)17-20-9-13-22(14-10-20)21-11-7-19(5-2)8-12-21/h4-6,9-10,13-16,18-19,21H,2,7-8,11-12,17H2,1,3H3. The number of rotatable bonds is 6. The molecule has 1 unspecified atom stereocenters. The number of halogens is 2. The van der Waals surface area contributed by atoms with Gasteiger partial charge in [-0.15, -0.1) is 6.58 Å². The monoisotopic (exact) mass is 380 g/mol. The van der Waals surface area contributed by atoms with Gasteiger partial charge in [-0.05, 0) is 66.7 Å². The fraction of sp³-hybridized carbons (Fsp3) is 0.385. The predicted molar refractivity (Wildman–Crippen MR) is 114 cm³/mol. The van der Waals surface area contributed by atoms with E-state index in [1.165, 1.54) is 31.2 Å². The molecule has 2 aromatic rings. The third-order valence-electron chi connectivity index (χ3n) is 6.11. The number of allylic oxidation sites excluding steroid dienone is 3. The fourth-order valence-corrected chi connectivity index (χ4v) is 4.30. The summed E-state index contributed by atoms with van der Waals surface area (Å²) in [5, 5.41) is 0. The van der Waals surface area contributed by atoms with Crippen molar-refractivity contribution in [1.29, 1.82) is 0 Å². The quantitative estimate of drug-likeness (QED) is 0.450. The van der Waals surface area contributed by atoms with Crippen molar-refractivity contribution in [3.05, 3.63) is 95.1 Å². The molecule has 0 aliphatic heterocycles. The van der Waals surface area contributed by atoms with E-state index in [4.69, 9.17) is 0 Å². The van der Waals surface area contributed by atoms with Crippen LogP contribution in [0, 0.1) is 17.6 Å². The van der Waals surface area contributed by atoms with E-state index in [1.807, 2.05) is 26.0 Å². The van der Waals surface area contributed by atoms with E-state index in [2.05, 4.69) is 36.9 Å². The van der Waals surface area contributed by atoms with Gasteiger partial charge in [-0.3, -0.25) is 0 Å². The maximum Gasteiger partial charge on any atom is 0.162 e. The minimum atomic E-state index is -0.723. The normalized spacial score (nSPS) is 21.0. The molecule has 0 bridgehead atoms. The molecule has 1 aliphatic rings. The molecule has 1 aliphatic carbocycles. The van der Waals surface area contributed by atoms with Crippen molar-refractivity contribution in [2.75, 3.05) is 0 Å². The SMILES string of the molecule is C=CC1CCC(c2ccc(Cc3ccc(C(C)C=CC)c(F)c3F)cc2)CC1. The predicted octanol–water partition coefficient (Wildman–Crippen LogP) is 7.70. The van der Waals surface area contributed by atoms with Gasteiger partial charge in [0.25, 0.3) is 0 Å². The van der Waals surface area contributed by atoms with Gasteiger partial charge in [0.05, 0.1) is 0 Å². The summed E-state index contributed by atoms with van der Waals surface area (Å²) >= 11 is 0. The largest absolute Gasteiger partial charge is 0.203 e. The van der Waals surface area contributed by atoms with Crippen LogP contribution >= 0.6 is 0 Å². The van der Waals surface area contributed by atoms with Crippen LogP contribution in [0.3, 0.4) is 0 Å². The van der Waals surface area contributed by atoms with E-state index < -0.39 is 11.6 Å². The van der Waals surface area contributed by atoms with Gasteiger partial charge in [0.15, 0.2) is 11.6 Å². The summed E-state index contributed by atoms with van der Waals surface area (Å²) in [6.07, 6.45) is 11.0. The van der Waals surface area contributed by atoms with Gasteiger partial charge in [0, 0.05) is 12.3 Å². The zero-order valence-electron chi connectivity index (χ0n) is 16.9. The Kier molecular flexibility index (Phi) is 6.83. The van der Waals surface area contributed by atoms with Crippen LogP contribution in [0.25, 0.3) is 0 Å². The van der Waals surface area contributed by atoms with Crippen LogP contribution < -0.4 is 0 Å². The second kappa shape index (κ2) is 9.32. The van der Waals surface area contributed by atoms with Crippen LogP contribution in [0.5, 0.6) is 0 Å². The lowest BCUT2D eigenvalue weighted by Crippen LogP contribution is -2.11. The van der Waals surface area contributed by atoms with Crippen LogP contribution in [-0.2, 0) is 6.42 Å². The topological polar surface area (TPSA) is 0 Å². The number of hydrogen-bond acceptors (Lipinski definition) is 0. The minimum absolute atomic E-state index is 0.135. The third kappa shape index (κ3) is 4.60. The Labute approximate surface area is 168 Å². The number of benzene rings is 2. The van der Waals surface area contributed by atoms with E-state index in [0.717, 1.165) is 5.56 Å². The fourth-order valence-electron chi connectivity index (χ4n) is 4.30. The van der Waals surface area contributed by atoms with Gasteiger partial charge in [-0.25, -0.2) is 8.78 Å². The van der Waals surface area contributed by atoms with Gasteiger partial charge < -0.3 is 0 Å². The molecule has 0 amide bonds. The molecule has 3 rings (SSSR count). The van der Waals surface area contributed by atoms with Crippen molar-refractivity contribution in [3.63, 3.8) is 0 Å². The van der Waals surface area contributed by atoms with E-state index in [9.17, 15) is 8.78 Å². The van der Waals surface area contributed by atoms with Gasteiger partial charge in [-0.1, -0.05) is 61.5 Å². The molecule has 0 heterocycles. The highest BCUT2D eigenvalue weighted by molar-refractivity contribution is 5.35. The summed E-state index contributed by atoms with van der Waals surface area (Å²) in [4.78, 5) is 0.